The van der Waals surface area contributed by atoms with Crippen LogP contribution in [-0.4, -0.2) is 83.8 Å². The van der Waals surface area contributed by atoms with E-state index in [4.69, 9.17) is 9.26 Å². The molecule has 140 valence electrons. The van der Waals surface area contributed by atoms with E-state index in [9.17, 15) is 4.79 Å². The third-order valence-electron chi connectivity index (χ3n) is 4.21. The smallest absolute Gasteiger partial charge is 0.241 e. The van der Waals surface area contributed by atoms with Crippen molar-refractivity contribution in [2.45, 2.75) is 6.54 Å². The predicted octanol–water partition coefficient (Wildman–Crippen LogP) is 0.0118. The van der Waals surface area contributed by atoms with Crippen LogP contribution in [-0.2, 0) is 16.1 Å². The molecule has 1 fully saturated rings. The Balaban J connectivity index is 1.42. The molecule has 1 saturated heterocycles. The SMILES string of the molecule is COCCNC(=O)CN1CCN(Cc2nc(-c3cccnc3)no2)CC1. The Morgan fingerprint density at radius 3 is 2.85 bits per heavy atom. The number of carbonyl (C=O) groups is 1. The Hall–Kier alpha value is -2.36. The Morgan fingerprint density at radius 2 is 2.12 bits per heavy atom. The van der Waals surface area contributed by atoms with Gasteiger partial charge in [0.1, 0.15) is 0 Å². The number of piperazine rings is 1. The molecule has 0 atom stereocenters. The summed E-state index contributed by atoms with van der Waals surface area (Å²) in [6.07, 6.45) is 3.42. The van der Waals surface area contributed by atoms with Crippen molar-refractivity contribution in [2.24, 2.45) is 0 Å². The summed E-state index contributed by atoms with van der Waals surface area (Å²) in [7, 11) is 1.62. The first-order valence-electron chi connectivity index (χ1n) is 8.68. The molecule has 0 aromatic carbocycles. The Bertz CT molecular complexity index is 685. The summed E-state index contributed by atoms with van der Waals surface area (Å²) in [6, 6.07) is 3.74. The molecule has 9 nitrogen and oxygen atoms in total. The highest BCUT2D eigenvalue weighted by molar-refractivity contribution is 5.78. The molecule has 3 rings (SSSR count). The van der Waals surface area contributed by atoms with Gasteiger partial charge in [0.05, 0.1) is 19.7 Å². The fraction of sp³-hybridized carbons (Fsp3) is 0.529. The summed E-state index contributed by atoms with van der Waals surface area (Å²) in [5.74, 6) is 1.18. The molecule has 0 aliphatic carbocycles. The lowest BCUT2D eigenvalue weighted by Gasteiger charge is -2.33. The molecular formula is C17H24N6O3. The van der Waals surface area contributed by atoms with E-state index < -0.39 is 0 Å². The number of carbonyl (C=O) groups excluding carboxylic acids is 1. The van der Waals surface area contributed by atoms with Gasteiger partial charge < -0.3 is 14.6 Å². The summed E-state index contributed by atoms with van der Waals surface area (Å²) < 4.78 is 10.3. The van der Waals surface area contributed by atoms with Crippen molar-refractivity contribution in [3.63, 3.8) is 0 Å². The molecule has 0 bridgehead atoms. The summed E-state index contributed by atoms with van der Waals surface area (Å²) in [5, 5.41) is 6.86. The number of aromatic nitrogens is 3. The molecule has 1 aliphatic heterocycles. The lowest BCUT2D eigenvalue weighted by atomic mass is 10.3. The fourth-order valence-electron chi connectivity index (χ4n) is 2.78. The molecule has 0 radical (unpaired) electrons. The van der Waals surface area contributed by atoms with Crippen molar-refractivity contribution in [3.05, 3.63) is 30.4 Å². The first kappa shape index (κ1) is 18.4. The molecule has 0 saturated carbocycles. The Labute approximate surface area is 152 Å². The normalized spacial score (nSPS) is 15.9. The predicted molar refractivity (Wildman–Crippen MR) is 94.1 cm³/mol. The van der Waals surface area contributed by atoms with Gasteiger partial charge in [0.2, 0.25) is 17.6 Å². The van der Waals surface area contributed by atoms with Crippen LogP contribution in [0.2, 0.25) is 0 Å². The second kappa shape index (κ2) is 9.37. The highest BCUT2D eigenvalue weighted by Gasteiger charge is 2.21. The molecule has 1 N–H and O–H groups in total. The van der Waals surface area contributed by atoms with Crippen LogP contribution >= 0.6 is 0 Å². The molecule has 9 heteroatoms. The molecule has 1 amide bonds. The summed E-state index contributed by atoms with van der Waals surface area (Å²) >= 11 is 0. The molecule has 0 unspecified atom stereocenters. The molecule has 1 aliphatic rings. The second-order valence-corrected chi connectivity index (χ2v) is 6.15. The van der Waals surface area contributed by atoms with Crippen molar-refractivity contribution in [2.75, 3.05) is 53.0 Å². The van der Waals surface area contributed by atoms with Crippen molar-refractivity contribution in [1.82, 2.24) is 30.2 Å². The zero-order valence-corrected chi connectivity index (χ0v) is 14.9. The standard InChI is InChI=1S/C17H24N6O3/c1-25-10-5-19-15(24)12-22-6-8-23(9-7-22)13-16-20-17(21-26-16)14-3-2-4-18-11-14/h2-4,11H,5-10,12-13H2,1H3,(H,19,24). The van der Waals surface area contributed by atoms with Crippen LogP contribution in [0.5, 0.6) is 0 Å². The Morgan fingerprint density at radius 1 is 1.31 bits per heavy atom. The van der Waals surface area contributed by atoms with Crippen molar-refractivity contribution >= 4 is 5.91 Å². The zero-order chi connectivity index (χ0) is 18.2. The maximum atomic E-state index is 11.8. The number of amides is 1. The highest BCUT2D eigenvalue weighted by Crippen LogP contribution is 2.15. The minimum atomic E-state index is 0.0357. The number of rotatable bonds is 8. The monoisotopic (exact) mass is 360 g/mol. The minimum absolute atomic E-state index is 0.0357. The van der Waals surface area contributed by atoms with Crippen LogP contribution in [0.3, 0.4) is 0 Å². The molecule has 0 spiro atoms. The van der Waals surface area contributed by atoms with Gasteiger partial charge in [-0.1, -0.05) is 5.16 Å². The van der Waals surface area contributed by atoms with Crippen LogP contribution in [0.15, 0.2) is 29.0 Å². The van der Waals surface area contributed by atoms with Crippen molar-refractivity contribution in [3.8, 4) is 11.4 Å². The van der Waals surface area contributed by atoms with E-state index in [1.807, 2.05) is 12.1 Å². The van der Waals surface area contributed by atoms with Crippen LogP contribution in [0.25, 0.3) is 11.4 Å². The third kappa shape index (κ3) is 5.32. The Kier molecular flexibility index (Phi) is 6.64. The van der Waals surface area contributed by atoms with Gasteiger partial charge in [-0.2, -0.15) is 4.98 Å². The van der Waals surface area contributed by atoms with E-state index in [2.05, 4.69) is 30.2 Å². The topological polar surface area (TPSA) is 96.6 Å². The number of methoxy groups -OCH3 is 1. The number of pyridine rings is 1. The van der Waals surface area contributed by atoms with E-state index in [1.54, 1.807) is 19.5 Å². The number of hydrogen-bond acceptors (Lipinski definition) is 8. The molecule has 3 heterocycles. The van der Waals surface area contributed by atoms with Gasteiger partial charge in [-0.25, -0.2) is 0 Å². The average molecular weight is 360 g/mol. The quantitative estimate of drug-likeness (QED) is 0.658. The van der Waals surface area contributed by atoms with Gasteiger partial charge in [-0.15, -0.1) is 0 Å². The fourth-order valence-corrected chi connectivity index (χ4v) is 2.78. The summed E-state index contributed by atoms with van der Waals surface area (Å²) in [5.41, 5.74) is 0.840. The summed E-state index contributed by atoms with van der Waals surface area (Å²) in [6.45, 7) is 5.50. The maximum Gasteiger partial charge on any atom is 0.241 e. The average Bonchev–Trinajstić information content (AvgIpc) is 3.13. The maximum absolute atomic E-state index is 11.8. The molecule has 2 aromatic rings. The number of ether oxygens (including phenoxy) is 1. The molecule has 26 heavy (non-hydrogen) atoms. The van der Waals surface area contributed by atoms with Gasteiger partial charge in [0.25, 0.3) is 0 Å². The van der Waals surface area contributed by atoms with E-state index in [1.165, 1.54) is 0 Å². The van der Waals surface area contributed by atoms with E-state index in [-0.39, 0.29) is 5.91 Å². The minimum Gasteiger partial charge on any atom is -0.383 e. The van der Waals surface area contributed by atoms with Gasteiger partial charge >= 0.3 is 0 Å². The van der Waals surface area contributed by atoms with E-state index in [0.717, 1.165) is 31.7 Å². The first-order chi connectivity index (χ1) is 12.7. The van der Waals surface area contributed by atoms with Gasteiger partial charge in [0, 0.05) is 57.8 Å². The van der Waals surface area contributed by atoms with Crippen LogP contribution < -0.4 is 5.32 Å². The van der Waals surface area contributed by atoms with Crippen molar-refractivity contribution in [1.29, 1.82) is 0 Å². The zero-order valence-electron chi connectivity index (χ0n) is 14.9. The van der Waals surface area contributed by atoms with Gasteiger partial charge in [-0.3, -0.25) is 19.6 Å². The summed E-state index contributed by atoms with van der Waals surface area (Å²) in [4.78, 5) is 24.7. The number of hydrogen-bond donors (Lipinski definition) is 1. The van der Waals surface area contributed by atoms with Gasteiger partial charge in [0.15, 0.2) is 0 Å². The largest absolute Gasteiger partial charge is 0.383 e. The molecule has 2 aromatic heterocycles. The van der Waals surface area contributed by atoms with Crippen LogP contribution in [0, 0.1) is 0 Å². The second-order valence-electron chi connectivity index (χ2n) is 6.15. The van der Waals surface area contributed by atoms with E-state index in [0.29, 0.717) is 38.0 Å². The lowest BCUT2D eigenvalue weighted by molar-refractivity contribution is -0.122. The molecular weight excluding hydrogens is 336 g/mol. The van der Waals surface area contributed by atoms with Crippen molar-refractivity contribution < 1.29 is 14.1 Å². The third-order valence-corrected chi connectivity index (χ3v) is 4.21. The van der Waals surface area contributed by atoms with Gasteiger partial charge in [-0.05, 0) is 12.1 Å². The van der Waals surface area contributed by atoms with Crippen LogP contribution in [0.4, 0.5) is 0 Å². The number of nitrogens with one attached hydrogen (secondary N) is 1. The van der Waals surface area contributed by atoms with Crippen LogP contribution in [0.1, 0.15) is 5.89 Å². The highest BCUT2D eigenvalue weighted by atomic mass is 16.5. The van der Waals surface area contributed by atoms with E-state index >= 15 is 0 Å². The number of nitrogens with zero attached hydrogens (tertiary/aromatic N) is 5. The first-order valence-corrected chi connectivity index (χ1v) is 8.68. The lowest BCUT2D eigenvalue weighted by Crippen LogP contribution is -2.49.